The lowest BCUT2D eigenvalue weighted by molar-refractivity contribution is -0.114. The third-order valence-corrected chi connectivity index (χ3v) is 3.18. The van der Waals surface area contributed by atoms with E-state index >= 15 is 0 Å². The smallest absolute Gasteiger partial charge is 0.243 e. The van der Waals surface area contributed by atoms with Gasteiger partial charge in [0.25, 0.3) is 0 Å². The van der Waals surface area contributed by atoms with Crippen molar-refractivity contribution in [2.24, 2.45) is 0 Å². The summed E-state index contributed by atoms with van der Waals surface area (Å²) in [6.07, 6.45) is 0. The molecule has 2 aromatic rings. The largest absolute Gasteiger partial charge is 0.376 e. The Morgan fingerprint density at radius 2 is 1.76 bits per heavy atom. The van der Waals surface area contributed by atoms with Gasteiger partial charge in [-0.1, -0.05) is 17.7 Å². The summed E-state index contributed by atoms with van der Waals surface area (Å²) in [4.78, 5) is 11.7. The summed E-state index contributed by atoms with van der Waals surface area (Å²) < 4.78 is 26.0. The monoisotopic (exact) mass is 310 g/mol. The van der Waals surface area contributed by atoms with Crippen LogP contribution in [0.5, 0.6) is 0 Å². The van der Waals surface area contributed by atoms with Crippen molar-refractivity contribution in [3.8, 4) is 0 Å². The zero-order valence-corrected chi connectivity index (χ0v) is 12.0. The topological polar surface area (TPSA) is 41.1 Å². The number of hydrogen-bond donors (Lipinski definition) is 2. The number of carbonyl (C=O) groups is 1. The molecule has 2 aromatic carbocycles. The molecule has 0 saturated carbocycles. The number of anilines is 2. The Labute approximate surface area is 125 Å². The zero-order valence-electron chi connectivity index (χ0n) is 11.2. The van der Waals surface area contributed by atoms with Crippen molar-refractivity contribution in [2.75, 3.05) is 17.2 Å². The van der Waals surface area contributed by atoms with E-state index in [1.165, 1.54) is 0 Å². The van der Waals surface area contributed by atoms with E-state index < -0.39 is 17.5 Å². The summed E-state index contributed by atoms with van der Waals surface area (Å²) in [5.74, 6) is -1.91. The fourth-order valence-corrected chi connectivity index (χ4v) is 1.90. The normalized spacial score (nSPS) is 10.3. The quantitative estimate of drug-likeness (QED) is 0.897. The van der Waals surface area contributed by atoms with Crippen LogP contribution in [0, 0.1) is 18.6 Å². The Hall–Kier alpha value is -2.14. The number of halogens is 3. The van der Waals surface area contributed by atoms with Gasteiger partial charge in [0, 0.05) is 22.5 Å². The lowest BCUT2D eigenvalue weighted by Crippen LogP contribution is -2.21. The fraction of sp³-hybridized carbons (Fsp3) is 0.133. The molecule has 0 bridgehead atoms. The molecule has 21 heavy (non-hydrogen) atoms. The summed E-state index contributed by atoms with van der Waals surface area (Å²) in [5, 5.41) is 5.87. The minimum Gasteiger partial charge on any atom is -0.376 e. The van der Waals surface area contributed by atoms with Gasteiger partial charge in [0.15, 0.2) is 0 Å². The molecular weight excluding hydrogens is 298 g/mol. The molecule has 0 unspecified atom stereocenters. The maximum absolute atomic E-state index is 13.0. The molecule has 2 rings (SSSR count). The Bertz CT molecular complexity index is 656. The molecule has 0 spiro atoms. The maximum atomic E-state index is 13.0. The molecule has 0 fully saturated rings. The standard InChI is InChI=1S/C15H13ClF2N2O/c1-9-2-3-12(7-14(9)16)19-8-15(21)20-13-5-10(17)4-11(18)6-13/h2-7,19H,8H2,1H3,(H,20,21). The van der Waals surface area contributed by atoms with Crippen LogP contribution in [0.3, 0.4) is 0 Å². The van der Waals surface area contributed by atoms with Crippen LogP contribution in [0.1, 0.15) is 5.56 Å². The number of hydrogen-bond acceptors (Lipinski definition) is 2. The molecular formula is C15H13ClF2N2O. The summed E-state index contributed by atoms with van der Waals surface area (Å²) in [7, 11) is 0. The molecule has 1 amide bonds. The number of benzene rings is 2. The van der Waals surface area contributed by atoms with Gasteiger partial charge >= 0.3 is 0 Å². The highest BCUT2D eigenvalue weighted by molar-refractivity contribution is 6.31. The van der Waals surface area contributed by atoms with Gasteiger partial charge in [-0.15, -0.1) is 0 Å². The van der Waals surface area contributed by atoms with Gasteiger partial charge in [0.1, 0.15) is 11.6 Å². The van der Waals surface area contributed by atoms with Crippen LogP contribution in [-0.2, 0) is 4.79 Å². The second-order valence-corrected chi connectivity index (χ2v) is 4.93. The third-order valence-electron chi connectivity index (χ3n) is 2.77. The maximum Gasteiger partial charge on any atom is 0.243 e. The number of rotatable bonds is 4. The van der Waals surface area contributed by atoms with Crippen molar-refractivity contribution in [3.63, 3.8) is 0 Å². The van der Waals surface area contributed by atoms with Gasteiger partial charge in [-0.05, 0) is 36.8 Å². The first-order valence-corrected chi connectivity index (χ1v) is 6.58. The summed E-state index contributed by atoms with van der Waals surface area (Å²) >= 11 is 5.97. The van der Waals surface area contributed by atoms with E-state index in [9.17, 15) is 13.6 Å². The Kier molecular flexibility index (Phi) is 4.75. The van der Waals surface area contributed by atoms with Crippen LogP contribution in [0.25, 0.3) is 0 Å². The fourth-order valence-electron chi connectivity index (χ4n) is 1.72. The van der Waals surface area contributed by atoms with Gasteiger partial charge in [0.05, 0.1) is 6.54 Å². The molecule has 0 aliphatic heterocycles. The predicted octanol–water partition coefficient (Wildman–Crippen LogP) is 3.98. The molecule has 0 radical (unpaired) electrons. The minimum atomic E-state index is -0.747. The molecule has 0 aliphatic carbocycles. The first-order chi connectivity index (χ1) is 9.94. The molecule has 0 aliphatic rings. The highest BCUT2D eigenvalue weighted by atomic mass is 35.5. The number of carbonyl (C=O) groups excluding carboxylic acids is 1. The minimum absolute atomic E-state index is 0.0441. The van der Waals surface area contributed by atoms with Crippen molar-refractivity contribution >= 4 is 28.9 Å². The van der Waals surface area contributed by atoms with Crippen LogP contribution < -0.4 is 10.6 Å². The highest BCUT2D eigenvalue weighted by Crippen LogP contribution is 2.19. The Morgan fingerprint density at radius 1 is 1.10 bits per heavy atom. The third kappa shape index (κ3) is 4.43. The summed E-state index contributed by atoms with van der Waals surface area (Å²) in [6.45, 7) is 1.83. The van der Waals surface area contributed by atoms with Crippen LogP contribution in [0.4, 0.5) is 20.2 Å². The zero-order chi connectivity index (χ0) is 15.4. The van der Waals surface area contributed by atoms with E-state index in [0.717, 1.165) is 23.8 Å². The second kappa shape index (κ2) is 6.54. The van der Waals surface area contributed by atoms with Crippen LogP contribution >= 0.6 is 11.6 Å². The summed E-state index contributed by atoms with van der Waals surface area (Å²) in [6, 6.07) is 8.14. The van der Waals surface area contributed by atoms with E-state index in [2.05, 4.69) is 10.6 Å². The molecule has 2 N–H and O–H groups in total. The molecule has 0 saturated heterocycles. The van der Waals surface area contributed by atoms with Crippen molar-refractivity contribution in [1.29, 1.82) is 0 Å². The van der Waals surface area contributed by atoms with Gasteiger partial charge in [-0.3, -0.25) is 4.79 Å². The van der Waals surface area contributed by atoms with E-state index in [-0.39, 0.29) is 12.2 Å². The van der Waals surface area contributed by atoms with Crippen molar-refractivity contribution < 1.29 is 13.6 Å². The molecule has 110 valence electrons. The van der Waals surface area contributed by atoms with Gasteiger partial charge < -0.3 is 10.6 Å². The average Bonchev–Trinajstić information content (AvgIpc) is 2.39. The molecule has 3 nitrogen and oxygen atoms in total. The van der Waals surface area contributed by atoms with Crippen LogP contribution in [0.2, 0.25) is 5.02 Å². The number of aryl methyl sites for hydroxylation is 1. The first kappa shape index (κ1) is 15.3. The van der Waals surface area contributed by atoms with E-state index in [1.54, 1.807) is 12.1 Å². The number of amides is 1. The Morgan fingerprint density at radius 3 is 2.38 bits per heavy atom. The lowest BCUT2D eigenvalue weighted by Gasteiger charge is -2.09. The average molecular weight is 311 g/mol. The van der Waals surface area contributed by atoms with Gasteiger partial charge in [-0.25, -0.2) is 8.78 Å². The van der Waals surface area contributed by atoms with Gasteiger partial charge in [0.2, 0.25) is 5.91 Å². The highest BCUT2D eigenvalue weighted by Gasteiger charge is 2.06. The predicted molar refractivity (Wildman–Crippen MR) is 79.7 cm³/mol. The van der Waals surface area contributed by atoms with Crippen molar-refractivity contribution in [1.82, 2.24) is 0 Å². The van der Waals surface area contributed by atoms with E-state index in [4.69, 9.17) is 11.6 Å². The SMILES string of the molecule is Cc1ccc(NCC(=O)Nc2cc(F)cc(F)c2)cc1Cl. The van der Waals surface area contributed by atoms with Crippen molar-refractivity contribution in [3.05, 3.63) is 58.6 Å². The van der Waals surface area contributed by atoms with Crippen molar-refractivity contribution in [2.45, 2.75) is 6.92 Å². The van der Waals surface area contributed by atoms with E-state index in [1.807, 2.05) is 13.0 Å². The van der Waals surface area contributed by atoms with Crippen LogP contribution in [0.15, 0.2) is 36.4 Å². The lowest BCUT2D eigenvalue weighted by atomic mass is 10.2. The molecule has 0 atom stereocenters. The van der Waals surface area contributed by atoms with Gasteiger partial charge in [-0.2, -0.15) is 0 Å². The Balaban J connectivity index is 1.94. The van der Waals surface area contributed by atoms with E-state index in [0.29, 0.717) is 10.7 Å². The number of nitrogens with one attached hydrogen (secondary N) is 2. The van der Waals surface area contributed by atoms with Crippen LogP contribution in [-0.4, -0.2) is 12.5 Å². The second-order valence-electron chi connectivity index (χ2n) is 4.52. The molecule has 6 heteroatoms. The first-order valence-electron chi connectivity index (χ1n) is 6.20. The molecule has 0 heterocycles. The molecule has 0 aromatic heterocycles. The summed E-state index contributed by atoms with van der Waals surface area (Å²) in [5.41, 5.74) is 1.69.